The second-order valence-electron chi connectivity index (χ2n) is 3.60. The summed E-state index contributed by atoms with van der Waals surface area (Å²) < 4.78 is 15.3. The molecule has 0 saturated carbocycles. The molecular weight excluding hydrogens is 285 g/mol. The van der Waals surface area contributed by atoms with Gasteiger partial charge in [0.15, 0.2) is 0 Å². The van der Waals surface area contributed by atoms with E-state index in [4.69, 9.17) is 0 Å². The van der Waals surface area contributed by atoms with Crippen molar-refractivity contribution in [3.63, 3.8) is 0 Å². The van der Waals surface area contributed by atoms with Crippen LogP contribution < -0.4 is 0 Å². The van der Waals surface area contributed by atoms with E-state index in [-0.39, 0.29) is 5.82 Å². The summed E-state index contributed by atoms with van der Waals surface area (Å²) in [4.78, 5) is 4.17. The van der Waals surface area contributed by atoms with E-state index in [1.165, 1.54) is 12.1 Å². The molecule has 0 aliphatic heterocycles. The molecule has 0 aliphatic carbocycles. The predicted octanol–water partition coefficient (Wildman–Crippen LogP) is 3.32. The molecule has 3 aromatic rings. The van der Waals surface area contributed by atoms with E-state index in [1.54, 1.807) is 29.2 Å². The molecule has 1 aromatic carbocycles. The fraction of sp³-hybridized carbons (Fsp3) is 0. The van der Waals surface area contributed by atoms with Gasteiger partial charge in [0.1, 0.15) is 10.4 Å². The zero-order valence-electron chi connectivity index (χ0n) is 8.64. The molecule has 2 aromatic heterocycles. The Balaban J connectivity index is 2.21. The Bertz CT molecular complexity index is 676. The largest absolute Gasteiger partial charge is 0.247 e. The quantitative estimate of drug-likeness (QED) is 0.644. The molecule has 3 nitrogen and oxygen atoms in total. The van der Waals surface area contributed by atoms with E-state index in [1.807, 2.05) is 6.07 Å². The van der Waals surface area contributed by atoms with Crippen molar-refractivity contribution in [3.8, 4) is 5.69 Å². The molecule has 0 saturated heterocycles. The number of pyridine rings is 1. The highest BCUT2D eigenvalue weighted by molar-refractivity contribution is 9.10. The lowest BCUT2D eigenvalue weighted by atomic mass is 10.3. The number of hydrogen-bond acceptors (Lipinski definition) is 2. The van der Waals surface area contributed by atoms with Gasteiger partial charge in [-0.3, -0.25) is 0 Å². The van der Waals surface area contributed by atoms with E-state index in [2.05, 4.69) is 26.0 Å². The molecule has 0 amide bonds. The molecule has 5 heteroatoms. The van der Waals surface area contributed by atoms with E-state index in [0.29, 0.717) is 0 Å². The van der Waals surface area contributed by atoms with E-state index in [9.17, 15) is 4.39 Å². The lowest BCUT2D eigenvalue weighted by Crippen LogP contribution is -1.96. The normalized spacial score (nSPS) is 10.9. The number of nitrogens with zero attached hydrogens (tertiary/aromatic N) is 3. The molecule has 0 N–H and O–H groups in total. The number of fused-ring (bicyclic) bond motifs is 1. The number of benzene rings is 1. The first-order valence-electron chi connectivity index (χ1n) is 4.99. The molecular formula is C12H7BrFN3. The maximum absolute atomic E-state index is 12.8. The number of halogens is 2. The molecule has 0 aliphatic rings. The van der Waals surface area contributed by atoms with Crippen LogP contribution in [0.1, 0.15) is 0 Å². The van der Waals surface area contributed by atoms with Crippen molar-refractivity contribution in [2.75, 3.05) is 0 Å². The fourth-order valence-corrected chi connectivity index (χ4v) is 2.04. The van der Waals surface area contributed by atoms with E-state index < -0.39 is 0 Å². The Labute approximate surface area is 105 Å². The SMILES string of the molecule is Fc1ccc(-n2ncc3cc(Br)ncc32)cc1. The molecule has 0 spiro atoms. The second-order valence-corrected chi connectivity index (χ2v) is 4.41. The third kappa shape index (κ3) is 1.82. The molecule has 0 unspecified atom stereocenters. The summed E-state index contributed by atoms with van der Waals surface area (Å²) in [6, 6.07) is 8.08. The van der Waals surface area contributed by atoms with E-state index >= 15 is 0 Å². The van der Waals surface area contributed by atoms with Crippen molar-refractivity contribution in [2.24, 2.45) is 0 Å². The Morgan fingerprint density at radius 1 is 1.12 bits per heavy atom. The first kappa shape index (κ1) is 10.4. The van der Waals surface area contributed by atoms with Crippen LogP contribution in [0.4, 0.5) is 4.39 Å². The highest BCUT2D eigenvalue weighted by atomic mass is 79.9. The van der Waals surface area contributed by atoms with Crippen LogP contribution in [0, 0.1) is 5.82 Å². The summed E-state index contributed by atoms with van der Waals surface area (Å²) in [5, 5.41) is 5.25. The van der Waals surface area contributed by atoms with Gasteiger partial charge >= 0.3 is 0 Å². The molecule has 2 heterocycles. The third-order valence-corrected chi connectivity index (χ3v) is 2.93. The predicted molar refractivity (Wildman–Crippen MR) is 66.5 cm³/mol. The summed E-state index contributed by atoms with van der Waals surface area (Å²) >= 11 is 3.31. The first-order chi connectivity index (χ1) is 8.24. The lowest BCUT2D eigenvalue weighted by Gasteiger charge is -2.02. The minimum atomic E-state index is -0.258. The van der Waals surface area contributed by atoms with Gasteiger partial charge in [-0.05, 0) is 46.3 Å². The minimum Gasteiger partial charge on any atom is -0.247 e. The average molecular weight is 292 g/mol. The van der Waals surface area contributed by atoms with Gasteiger partial charge in [-0.1, -0.05) is 0 Å². The smallest absolute Gasteiger partial charge is 0.123 e. The molecule has 3 rings (SSSR count). The molecule has 0 fully saturated rings. The summed E-state index contributed by atoms with van der Waals surface area (Å²) in [6.07, 6.45) is 3.49. The first-order valence-corrected chi connectivity index (χ1v) is 5.78. The van der Waals surface area contributed by atoms with Crippen molar-refractivity contribution in [3.05, 3.63) is 53.1 Å². The molecule has 0 atom stereocenters. The Kier molecular flexibility index (Phi) is 2.40. The minimum absolute atomic E-state index is 0.258. The molecule has 0 bridgehead atoms. The van der Waals surface area contributed by atoms with Crippen molar-refractivity contribution < 1.29 is 4.39 Å². The number of aromatic nitrogens is 3. The maximum atomic E-state index is 12.8. The van der Waals surface area contributed by atoms with Crippen molar-refractivity contribution in [1.82, 2.24) is 14.8 Å². The van der Waals surface area contributed by atoms with Crippen LogP contribution in [0.2, 0.25) is 0 Å². The molecule has 84 valence electrons. The van der Waals surface area contributed by atoms with Gasteiger partial charge in [0, 0.05) is 5.39 Å². The highest BCUT2D eigenvalue weighted by Crippen LogP contribution is 2.20. The van der Waals surface area contributed by atoms with E-state index in [0.717, 1.165) is 21.2 Å². The van der Waals surface area contributed by atoms with Gasteiger partial charge in [-0.25, -0.2) is 14.1 Å². The average Bonchev–Trinajstić information content (AvgIpc) is 2.73. The zero-order valence-corrected chi connectivity index (χ0v) is 10.2. The number of rotatable bonds is 1. The zero-order chi connectivity index (χ0) is 11.8. The van der Waals surface area contributed by atoms with Crippen molar-refractivity contribution in [2.45, 2.75) is 0 Å². The summed E-state index contributed by atoms with van der Waals surface area (Å²) in [5.74, 6) is -0.258. The van der Waals surface area contributed by atoms with Crippen LogP contribution in [-0.4, -0.2) is 14.8 Å². The molecule has 0 radical (unpaired) electrons. The van der Waals surface area contributed by atoms with Crippen LogP contribution in [0.3, 0.4) is 0 Å². The Hall–Kier alpha value is -1.75. The number of hydrogen-bond donors (Lipinski definition) is 0. The fourth-order valence-electron chi connectivity index (χ4n) is 1.69. The highest BCUT2D eigenvalue weighted by Gasteiger charge is 2.05. The van der Waals surface area contributed by atoms with Crippen LogP contribution in [0.25, 0.3) is 16.6 Å². The van der Waals surface area contributed by atoms with Crippen LogP contribution in [-0.2, 0) is 0 Å². The summed E-state index contributed by atoms with van der Waals surface area (Å²) in [5.41, 5.74) is 1.70. The Morgan fingerprint density at radius 3 is 2.65 bits per heavy atom. The van der Waals surface area contributed by atoms with Crippen molar-refractivity contribution in [1.29, 1.82) is 0 Å². The van der Waals surface area contributed by atoms with Crippen LogP contribution in [0.15, 0.2) is 47.3 Å². The monoisotopic (exact) mass is 291 g/mol. The third-order valence-electron chi connectivity index (χ3n) is 2.49. The van der Waals surface area contributed by atoms with Gasteiger partial charge < -0.3 is 0 Å². The second kappa shape index (κ2) is 3.92. The standard InChI is InChI=1S/C12H7BrFN3/c13-12-5-8-6-16-17(11(8)7-15-12)10-3-1-9(14)2-4-10/h1-7H. The van der Waals surface area contributed by atoms with Gasteiger partial charge in [0.2, 0.25) is 0 Å². The topological polar surface area (TPSA) is 30.7 Å². The summed E-state index contributed by atoms with van der Waals surface area (Å²) in [7, 11) is 0. The summed E-state index contributed by atoms with van der Waals surface area (Å²) in [6.45, 7) is 0. The molecule has 17 heavy (non-hydrogen) atoms. The van der Waals surface area contributed by atoms with Crippen LogP contribution in [0.5, 0.6) is 0 Å². The Morgan fingerprint density at radius 2 is 1.88 bits per heavy atom. The maximum Gasteiger partial charge on any atom is 0.123 e. The van der Waals surface area contributed by atoms with Gasteiger partial charge in [0.25, 0.3) is 0 Å². The van der Waals surface area contributed by atoms with Gasteiger partial charge in [0.05, 0.1) is 23.6 Å². The lowest BCUT2D eigenvalue weighted by molar-refractivity contribution is 0.627. The van der Waals surface area contributed by atoms with Crippen LogP contribution >= 0.6 is 15.9 Å². The van der Waals surface area contributed by atoms with Crippen molar-refractivity contribution >= 4 is 26.8 Å². The van der Waals surface area contributed by atoms with Gasteiger partial charge in [-0.2, -0.15) is 5.10 Å². The van der Waals surface area contributed by atoms with Gasteiger partial charge in [-0.15, -0.1) is 0 Å².